The lowest BCUT2D eigenvalue weighted by molar-refractivity contribution is -0.129. The summed E-state index contributed by atoms with van der Waals surface area (Å²) in [5.74, 6) is -0.558. The summed E-state index contributed by atoms with van der Waals surface area (Å²) < 4.78 is 0. The molecule has 4 atom stereocenters. The number of amides is 1. The van der Waals surface area contributed by atoms with Gasteiger partial charge in [-0.2, -0.15) is 0 Å². The Balaban J connectivity index is 4.42. The van der Waals surface area contributed by atoms with Crippen molar-refractivity contribution in [1.82, 2.24) is 5.32 Å². The van der Waals surface area contributed by atoms with E-state index in [-0.39, 0.29) is 6.29 Å². The maximum Gasteiger partial charge on any atom is 0.217 e. The van der Waals surface area contributed by atoms with Crippen molar-refractivity contribution >= 4 is 12.2 Å². The van der Waals surface area contributed by atoms with E-state index < -0.39 is 36.9 Å². The van der Waals surface area contributed by atoms with Gasteiger partial charge in [-0.3, -0.25) is 4.79 Å². The topological polar surface area (TPSA) is 127 Å². The molecule has 0 bridgehead atoms. The van der Waals surface area contributed by atoms with Gasteiger partial charge in [0, 0.05) is 6.92 Å². The second-order valence-corrected chi connectivity index (χ2v) is 3.09. The number of aliphatic hydroxyl groups is 4. The van der Waals surface area contributed by atoms with E-state index in [2.05, 4.69) is 5.32 Å². The van der Waals surface area contributed by atoms with Crippen molar-refractivity contribution in [1.29, 1.82) is 0 Å². The Morgan fingerprint density at radius 2 is 1.93 bits per heavy atom. The third-order valence-electron chi connectivity index (χ3n) is 1.82. The summed E-state index contributed by atoms with van der Waals surface area (Å²) in [7, 11) is 0. The molecule has 15 heavy (non-hydrogen) atoms. The normalized spacial score (nSPS) is 18.7. The number of aldehydes is 1. The molecule has 0 aliphatic heterocycles. The second kappa shape index (κ2) is 6.46. The summed E-state index contributed by atoms with van der Waals surface area (Å²) in [6, 6.07) is -1.32. The number of nitrogens with one attached hydrogen (secondary N) is 1. The van der Waals surface area contributed by atoms with Crippen molar-refractivity contribution < 1.29 is 30.0 Å². The molecule has 0 aliphatic rings. The van der Waals surface area contributed by atoms with Crippen LogP contribution < -0.4 is 5.32 Å². The molecule has 0 fully saturated rings. The molecule has 5 N–H and O–H groups in total. The Morgan fingerprint density at radius 3 is 2.27 bits per heavy atom. The molecule has 0 rings (SSSR count). The van der Waals surface area contributed by atoms with E-state index in [4.69, 9.17) is 10.2 Å². The Morgan fingerprint density at radius 1 is 1.40 bits per heavy atom. The summed E-state index contributed by atoms with van der Waals surface area (Å²) in [6.07, 6.45) is -4.72. The van der Waals surface area contributed by atoms with Gasteiger partial charge in [-0.1, -0.05) is 0 Å². The van der Waals surface area contributed by atoms with Crippen LogP contribution in [0.25, 0.3) is 0 Å². The Bertz CT molecular complexity index is 221. The number of rotatable bonds is 6. The van der Waals surface area contributed by atoms with E-state index in [0.717, 1.165) is 6.92 Å². The molecule has 0 aromatic rings. The zero-order valence-corrected chi connectivity index (χ0v) is 8.20. The van der Waals surface area contributed by atoms with E-state index >= 15 is 0 Å². The molecule has 0 saturated carbocycles. The molecule has 0 heterocycles. The monoisotopic (exact) mass is 223 g/mol. The molecule has 0 spiro atoms. The zero-order valence-electron chi connectivity index (χ0n) is 8.20. The van der Waals surface area contributed by atoms with Crippen LogP contribution in [0.4, 0.5) is 0 Å². The highest BCUT2D eigenvalue weighted by Gasteiger charge is 2.31. The molecule has 7 nitrogen and oxygen atoms in total. The lowest BCUT2D eigenvalue weighted by atomic mass is 10.0. The first kappa shape index (κ1) is 14.0. The SMILES string of the molecule is CC(=[18O])N[C@@H](C=O)[C@@H](O)[C@H](O)[C@H](O)CO. The maximum atomic E-state index is 10.6. The highest BCUT2D eigenvalue weighted by molar-refractivity contribution is 5.77. The number of carbonyl (C=O) groups is 2. The van der Waals surface area contributed by atoms with Gasteiger partial charge in [-0.25, -0.2) is 0 Å². The van der Waals surface area contributed by atoms with Gasteiger partial charge in [0.2, 0.25) is 5.91 Å². The fourth-order valence-corrected chi connectivity index (χ4v) is 0.983. The molecule has 0 aliphatic carbocycles. The Labute approximate surface area is 86.3 Å². The highest BCUT2D eigenvalue weighted by Crippen LogP contribution is 2.03. The van der Waals surface area contributed by atoms with Gasteiger partial charge in [0.25, 0.3) is 0 Å². The molecule has 1 amide bonds. The first-order chi connectivity index (χ1) is 6.93. The Kier molecular flexibility index (Phi) is 6.02. The Hall–Kier alpha value is -1.02. The van der Waals surface area contributed by atoms with Crippen molar-refractivity contribution in [2.24, 2.45) is 0 Å². The number of carbonyl (C=O) groups excluding carboxylic acids is 2. The van der Waals surface area contributed by atoms with Gasteiger partial charge in [-0.05, 0) is 0 Å². The van der Waals surface area contributed by atoms with E-state index in [0.29, 0.717) is 0 Å². The molecule has 7 heteroatoms. The van der Waals surface area contributed by atoms with Crippen LogP contribution in [0.1, 0.15) is 6.92 Å². The maximum absolute atomic E-state index is 10.6. The van der Waals surface area contributed by atoms with Gasteiger partial charge in [0.1, 0.15) is 30.6 Å². The quantitative estimate of drug-likeness (QED) is 0.238. The largest absolute Gasteiger partial charge is 0.394 e. The summed E-state index contributed by atoms with van der Waals surface area (Å²) in [6.45, 7) is 0.377. The summed E-state index contributed by atoms with van der Waals surface area (Å²) in [5.41, 5.74) is 0. The van der Waals surface area contributed by atoms with E-state index in [1.807, 2.05) is 0 Å². The summed E-state index contributed by atoms with van der Waals surface area (Å²) >= 11 is 0. The van der Waals surface area contributed by atoms with Crippen LogP contribution in [0.5, 0.6) is 0 Å². The molecule has 88 valence electrons. The highest BCUT2D eigenvalue weighted by atomic mass is 18.1. The van der Waals surface area contributed by atoms with Crippen molar-refractivity contribution in [2.75, 3.05) is 6.61 Å². The van der Waals surface area contributed by atoms with Gasteiger partial charge in [0.15, 0.2) is 0 Å². The lowest BCUT2D eigenvalue weighted by Crippen LogP contribution is -2.53. The van der Waals surface area contributed by atoms with Crippen LogP contribution in [0.3, 0.4) is 0 Å². The van der Waals surface area contributed by atoms with Crippen molar-refractivity contribution in [2.45, 2.75) is 31.3 Å². The van der Waals surface area contributed by atoms with Crippen molar-refractivity contribution in [3.8, 4) is 0 Å². The minimum atomic E-state index is -1.71. The van der Waals surface area contributed by atoms with Crippen LogP contribution in [0, 0.1) is 0 Å². The lowest BCUT2D eigenvalue weighted by Gasteiger charge is -2.25. The number of hydrogen-bond acceptors (Lipinski definition) is 6. The van der Waals surface area contributed by atoms with E-state index in [1.54, 1.807) is 0 Å². The predicted molar refractivity (Wildman–Crippen MR) is 48.8 cm³/mol. The second-order valence-electron chi connectivity index (χ2n) is 3.09. The van der Waals surface area contributed by atoms with Gasteiger partial charge < -0.3 is 30.5 Å². The molecule has 0 radical (unpaired) electrons. The first-order valence-corrected chi connectivity index (χ1v) is 4.31. The standard InChI is InChI=1S/C8H15NO6/c1-4(12)9-5(2-10)7(14)8(15)6(13)3-11/h2,5-8,11,13-15H,3H2,1H3,(H,9,12)/t5-,6+,7+,8+/m0/s1/i12+2. The first-order valence-electron chi connectivity index (χ1n) is 4.31. The molecule has 0 saturated heterocycles. The van der Waals surface area contributed by atoms with E-state index in [9.17, 15) is 19.8 Å². The smallest absolute Gasteiger partial charge is 0.217 e. The van der Waals surface area contributed by atoms with E-state index in [1.165, 1.54) is 0 Å². The average molecular weight is 223 g/mol. The van der Waals surface area contributed by atoms with Crippen molar-refractivity contribution in [3.05, 3.63) is 0 Å². The third kappa shape index (κ3) is 4.34. The van der Waals surface area contributed by atoms with Crippen LogP contribution in [0.15, 0.2) is 0 Å². The van der Waals surface area contributed by atoms with Crippen LogP contribution in [-0.2, 0) is 9.59 Å². The molecule has 0 aromatic heterocycles. The number of hydrogen-bond donors (Lipinski definition) is 5. The molecule has 0 aromatic carbocycles. The van der Waals surface area contributed by atoms with Gasteiger partial charge in [0.05, 0.1) is 6.61 Å². The minimum Gasteiger partial charge on any atom is -0.394 e. The fraction of sp³-hybridized carbons (Fsp3) is 0.750. The third-order valence-corrected chi connectivity index (χ3v) is 1.82. The fourth-order valence-electron chi connectivity index (χ4n) is 0.983. The summed E-state index contributed by atoms with van der Waals surface area (Å²) in [4.78, 5) is 21.1. The van der Waals surface area contributed by atoms with Crippen LogP contribution >= 0.6 is 0 Å². The zero-order chi connectivity index (χ0) is 12.0. The molecular weight excluding hydrogens is 208 g/mol. The average Bonchev–Trinajstić information content (AvgIpc) is 2.22. The van der Waals surface area contributed by atoms with Crippen LogP contribution in [-0.4, -0.2) is 63.6 Å². The summed E-state index contributed by atoms with van der Waals surface area (Å²) in [5, 5.41) is 38.2. The predicted octanol–water partition coefficient (Wildman–Crippen LogP) is -3.23. The van der Waals surface area contributed by atoms with Crippen molar-refractivity contribution in [3.63, 3.8) is 0 Å². The molecular formula is C8H15NO6. The van der Waals surface area contributed by atoms with Gasteiger partial charge in [-0.15, -0.1) is 0 Å². The molecule has 0 unspecified atom stereocenters. The minimum absolute atomic E-state index is 0.235. The number of aliphatic hydroxyl groups excluding tert-OH is 4. The van der Waals surface area contributed by atoms with Gasteiger partial charge >= 0.3 is 0 Å². The van der Waals surface area contributed by atoms with Crippen LogP contribution in [0.2, 0.25) is 0 Å².